The average molecular weight is 545 g/mol. The first-order chi connectivity index (χ1) is 18.5. The highest BCUT2D eigenvalue weighted by atomic mass is 16.4. The molecule has 0 aliphatic rings. The summed E-state index contributed by atoms with van der Waals surface area (Å²) in [4.78, 5) is 68.8. The Morgan fingerprint density at radius 2 is 1.51 bits per heavy atom. The van der Waals surface area contributed by atoms with Crippen molar-refractivity contribution in [2.45, 2.75) is 70.1 Å². The maximum Gasteiger partial charge on any atom is 0.326 e. The summed E-state index contributed by atoms with van der Waals surface area (Å²) in [6, 6.07) is 4.06. The molecule has 1 aromatic heterocycles. The monoisotopic (exact) mass is 544 g/mol. The van der Waals surface area contributed by atoms with E-state index in [1.807, 2.05) is 13.8 Å². The minimum Gasteiger partial charge on any atom is -0.481 e. The molecule has 8 N–H and O–H groups in total. The number of rotatable bonds is 16. The molecule has 0 aliphatic heterocycles. The number of imidazole rings is 1. The number of benzene rings is 1. The van der Waals surface area contributed by atoms with E-state index in [-0.39, 0.29) is 25.2 Å². The van der Waals surface area contributed by atoms with Crippen molar-refractivity contribution in [3.8, 4) is 0 Å². The number of carboxylic acid groups (broad SMARTS) is 2. The number of hydrogen-bond acceptors (Lipinski definition) is 7. The van der Waals surface area contributed by atoms with Crippen molar-refractivity contribution in [2.24, 2.45) is 11.7 Å². The molecular weight excluding hydrogens is 508 g/mol. The molecule has 0 fully saturated rings. The first-order valence-corrected chi connectivity index (χ1v) is 12.6. The van der Waals surface area contributed by atoms with E-state index in [0.717, 1.165) is 0 Å². The van der Waals surface area contributed by atoms with E-state index in [4.69, 9.17) is 10.8 Å². The molecule has 0 aliphatic carbocycles. The van der Waals surface area contributed by atoms with Crippen LogP contribution in [-0.4, -0.2) is 74.0 Å². The Kier molecular flexibility index (Phi) is 12.1. The molecule has 212 valence electrons. The second kappa shape index (κ2) is 15.2. The Morgan fingerprint density at radius 3 is 2.05 bits per heavy atom. The van der Waals surface area contributed by atoms with Crippen molar-refractivity contribution >= 4 is 29.7 Å². The predicted molar refractivity (Wildman–Crippen MR) is 140 cm³/mol. The van der Waals surface area contributed by atoms with Crippen molar-refractivity contribution in [1.29, 1.82) is 0 Å². The fourth-order valence-corrected chi connectivity index (χ4v) is 3.73. The van der Waals surface area contributed by atoms with Gasteiger partial charge in [-0.15, -0.1) is 0 Å². The van der Waals surface area contributed by atoms with E-state index in [2.05, 4.69) is 25.9 Å². The molecule has 13 heteroatoms. The summed E-state index contributed by atoms with van der Waals surface area (Å²) in [5, 5.41) is 26.0. The standard InChI is InChI=1S/C26H36N6O7/c1-3-15(2)22(27)25(37)32-20(12-17-13-28-14-29-17)24(36)31-19(11-16-7-5-4-6-8-16)23(35)30-18(26(38)39)9-10-21(33)34/h4-8,13-15,18-20,22H,3,9-12,27H2,1-2H3,(H,28,29)(H,30,35)(H,31,36)(H,32,37)(H,33,34)(H,38,39). The number of nitrogens with one attached hydrogen (secondary N) is 4. The zero-order chi connectivity index (χ0) is 28.9. The Bertz CT molecular complexity index is 1110. The SMILES string of the molecule is CCC(C)C(N)C(=O)NC(Cc1cnc[nH]1)C(=O)NC(Cc1ccccc1)C(=O)NC(CCC(=O)O)C(=O)O. The maximum absolute atomic E-state index is 13.4. The second-order valence-corrected chi connectivity index (χ2v) is 9.34. The number of nitrogens with zero attached hydrogens (tertiary/aromatic N) is 1. The lowest BCUT2D eigenvalue weighted by Crippen LogP contribution is -2.58. The number of amides is 3. The number of aromatic nitrogens is 2. The molecule has 0 saturated heterocycles. The summed E-state index contributed by atoms with van der Waals surface area (Å²) in [6.07, 6.45) is 2.80. The first-order valence-electron chi connectivity index (χ1n) is 12.6. The van der Waals surface area contributed by atoms with Gasteiger partial charge in [-0.25, -0.2) is 9.78 Å². The predicted octanol–water partition coefficient (Wildman–Crippen LogP) is -0.0279. The van der Waals surface area contributed by atoms with Crippen LogP contribution in [0.1, 0.15) is 44.4 Å². The molecule has 0 bridgehead atoms. The lowest BCUT2D eigenvalue weighted by molar-refractivity contribution is -0.143. The molecule has 0 radical (unpaired) electrons. The van der Waals surface area contributed by atoms with Gasteiger partial charge >= 0.3 is 11.9 Å². The number of carbonyl (C=O) groups excluding carboxylic acids is 3. The minimum absolute atomic E-state index is 0.0147. The zero-order valence-corrected chi connectivity index (χ0v) is 21.9. The van der Waals surface area contributed by atoms with Gasteiger partial charge in [-0.3, -0.25) is 19.2 Å². The molecule has 0 spiro atoms. The second-order valence-electron chi connectivity index (χ2n) is 9.34. The van der Waals surface area contributed by atoms with Crippen molar-refractivity contribution in [3.05, 3.63) is 54.1 Å². The van der Waals surface area contributed by atoms with Crippen LogP contribution in [0, 0.1) is 5.92 Å². The van der Waals surface area contributed by atoms with Crippen LogP contribution >= 0.6 is 0 Å². The summed E-state index contributed by atoms with van der Waals surface area (Å²) in [7, 11) is 0. The smallest absolute Gasteiger partial charge is 0.326 e. The van der Waals surface area contributed by atoms with E-state index in [1.165, 1.54) is 12.5 Å². The van der Waals surface area contributed by atoms with Gasteiger partial charge in [0.2, 0.25) is 17.7 Å². The molecular formula is C26H36N6O7. The van der Waals surface area contributed by atoms with Crippen molar-refractivity contribution in [1.82, 2.24) is 25.9 Å². The first kappa shape index (κ1) is 31.0. The molecule has 1 aromatic carbocycles. The van der Waals surface area contributed by atoms with Gasteiger partial charge in [0.25, 0.3) is 0 Å². The largest absolute Gasteiger partial charge is 0.481 e. The number of aliphatic carboxylic acids is 2. The van der Waals surface area contributed by atoms with Gasteiger partial charge in [0.05, 0.1) is 12.4 Å². The lowest BCUT2D eigenvalue weighted by atomic mass is 9.98. The van der Waals surface area contributed by atoms with Gasteiger partial charge in [0.15, 0.2) is 0 Å². The van der Waals surface area contributed by atoms with Crippen LogP contribution in [0.5, 0.6) is 0 Å². The van der Waals surface area contributed by atoms with Crippen LogP contribution in [0.3, 0.4) is 0 Å². The van der Waals surface area contributed by atoms with Gasteiger partial charge in [-0.05, 0) is 17.9 Å². The van der Waals surface area contributed by atoms with Gasteiger partial charge in [0.1, 0.15) is 18.1 Å². The summed E-state index contributed by atoms with van der Waals surface area (Å²) < 4.78 is 0. The summed E-state index contributed by atoms with van der Waals surface area (Å²) in [6.45, 7) is 3.71. The van der Waals surface area contributed by atoms with E-state index < -0.39 is 60.2 Å². The molecule has 1 heterocycles. The molecule has 5 unspecified atom stereocenters. The Morgan fingerprint density at radius 1 is 0.923 bits per heavy atom. The molecule has 0 saturated carbocycles. The van der Waals surface area contributed by atoms with Crippen molar-refractivity contribution in [2.75, 3.05) is 0 Å². The van der Waals surface area contributed by atoms with Gasteiger partial charge in [-0.2, -0.15) is 0 Å². The van der Waals surface area contributed by atoms with Crippen molar-refractivity contribution < 1.29 is 34.2 Å². The average Bonchev–Trinajstić information content (AvgIpc) is 3.42. The van der Waals surface area contributed by atoms with E-state index in [1.54, 1.807) is 30.3 Å². The summed E-state index contributed by atoms with van der Waals surface area (Å²) in [5.74, 6) is -4.80. The molecule has 2 aromatic rings. The van der Waals surface area contributed by atoms with Crippen LogP contribution in [0.2, 0.25) is 0 Å². The molecule has 2 rings (SSSR count). The van der Waals surface area contributed by atoms with Crippen LogP contribution in [0.4, 0.5) is 0 Å². The number of aromatic amines is 1. The Balaban J connectivity index is 2.27. The highest BCUT2D eigenvalue weighted by Gasteiger charge is 2.31. The number of H-pyrrole nitrogens is 1. The molecule has 5 atom stereocenters. The van der Waals surface area contributed by atoms with Gasteiger partial charge < -0.3 is 36.9 Å². The van der Waals surface area contributed by atoms with Crippen LogP contribution in [0.25, 0.3) is 0 Å². The van der Waals surface area contributed by atoms with E-state index in [9.17, 15) is 29.1 Å². The number of nitrogens with two attached hydrogens (primary N) is 1. The molecule has 3 amide bonds. The topological polar surface area (TPSA) is 217 Å². The van der Waals surface area contributed by atoms with Gasteiger partial charge in [0, 0.05) is 31.2 Å². The quantitative estimate of drug-likeness (QED) is 0.151. The van der Waals surface area contributed by atoms with Gasteiger partial charge in [-0.1, -0.05) is 50.6 Å². The van der Waals surface area contributed by atoms with Crippen LogP contribution in [0.15, 0.2) is 42.9 Å². The fourth-order valence-electron chi connectivity index (χ4n) is 3.73. The third-order valence-corrected chi connectivity index (χ3v) is 6.35. The number of hydrogen-bond donors (Lipinski definition) is 7. The highest BCUT2D eigenvalue weighted by molar-refractivity contribution is 5.94. The van der Waals surface area contributed by atoms with Crippen LogP contribution < -0.4 is 21.7 Å². The summed E-state index contributed by atoms with van der Waals surface area (Å²) in [5.41, 5.74) is 7.29. The number of carboxylic acids is 2. The Hall–Kier alpha value is -4.26. The summed E-state index contributed by atoms with van der Waals surface area (Å²) >= 11 is 0. The van der Waals surface area contributed by atoms with Crippen molar-refractivity contribution in [3.63, 3.8) is 0 Å². The molecule has 39 heavy (non-hydrogen) atoms. The minimum atomic E-state index is -1.47. The Labute approximate surface area is 226 Å². The van der Waals surface area contributed by atoms with E-state index in [0.29, 0.717) is 17.7 Å². The number of carbonyl (C=O) groups is 5. The van der Waals surface area contributed by atoms with Crippen LogP contribution in [-0.2, 0) is 36.8 Å². The van der Waals surface area contributed by atoms with E-state index >= 15 is 0 Å². The molecule has 13 nitrogen and oxygen atoms in total. The normalized spacial score (nSPS) is 14.7. The third-order valence-electron chi connectivity index (χ3n) is 6.35. The lowest BCUT2D eigenvalue weighted by Gasteiger charge is -2.26. The zero-order valence-electron chi connectivity index (χ0n) is 21.9. The fraction of sp³-hybridized carbons (Fsp3) is 0.462. The highest BCUT2D eigenvalue weighted by Crippen LogP contribution is 2.09. The maximum atomic E-state index is 13.4. The third kappa shape index (κ3) is 10.2.